The van der Waals surface area contributed by atoms with Crippen LogP contribution in [0.4, 0.5) is 0 Å². The Kier molecular flexibility index (Phi) is 4.53. The highest BCUT2D eigenvalue weighted by Crippen LogP contribution is 2.23. The van der Waals surface area contributed by atoms with Crippen molar-refractivity contribution in [2.24, 2.45) is 5.92 Å². The number of methoxy groups -OCH3 is 1. The number of amides is 1. The van der Waals surface area contributed by atoms with Crippen LogP contribution in [0.5, 0.6) is 0 Å². The predicted molar refractivity (Wildman–Crippen MR) is 71.1 cm³/mol. The highest BCUT2D eigenvalue weighted by molar-refractivity contribution is 5.82. The summed E-state index contributed by atoms with van der Waals surface area (Å²) >= 11 is 0. The molecule has 1 heterocycles. The van der Waals surface area contributed by atoms with Gasteiger partial charge >= 0.3 is 0 Å². The predicted octanol–water partition coefficient (Wildman–Crippen LogP) is 2.14. The van der Waals surface area contributed by atoms with Crippen molar-refractivity contribution in [1.29, 1.82) is 5.26 Å². The SMILES string of the molecule is COC(C(=O)N1CCCC(C#N)C1)c1ccccc1. The Morgan fingerprint density at radius 1 is 1.47 bits per heavy atom. The molecule has 0 aliphatic carbocycles. The molecule has 1 saturated heterocycles. The second kappa shape index (κ2) is 6.35. The van der Waals surface area contributed by atoms with Gasteiger partial charge in [0.25, 0.3) is 5.91 Å². The van der Waals surface area contributed by atoms with Gasteiger partial charge in [-0.15, -0.1) is 0 Å². The Hall–Kier alpha value is -1.86. The summed E-state index contributed by atoms with van der Waals surface area (Å²) in [5.74, 6) is -0.0976. The van der Waals surface area contributed by atoms with Crippen LogP contribution in [0.2, 0.25) is 0 Å². The number of carbonyl (C=O) groups is 1. The van der Waals surface area contributed by atoms with E-state index in [1.165, 1.54) is 0 Å². The molecule has 0 aromatic heterocycles. The lowest BCUT2D eigenvalue weighted by molar-refractivity contribution is -0.143. The molecular weight excluding hydrogens is 240 g/mol. The highest BCUT2D eigenvalue weighted by atomic mass is 16.5. The summed E-state index contributed by atoms with van der Waals surface area (Å²) in [6.45, 7) is 1.23. The van der Waals surface area contributed by atoms with Gasteiger partial charge in [0, 0.05) is 20.2 Å². The second-order valence-electron chi connectivity index (χ2n) is 4.78. The fraction of sp³-hybridized carbons (Fsp3) is 0.467. The Morgan fingerprint density at radius 3 is 2.84 bits per heavy atom. The first-order valence-corrected chi connectivity index (χ1v) is 6.52. The number of ether oxygens (including phenoxy) is 1. The van der Waals surface area contributed by atoms with Crippen molar-refractivity contribution >= 4 is 5.91 Å². The lowest BCUT2D eigenvalue weighted by atomic mass is 9.98. The lowest BCUT2D eigenvalue weighted by Crippen LogP contribution is -2.42. The van der Waals surface area contributed by atoms with Crippen LogP contribution in [0.3, 0.4) is 0 Å². The van der Waals surface area contributed by atoms with E-state index in [0.29, 0.717) is 13.1 Å². The average molecular weight is 258 g/mol. The minimum absolute atomic E-state index is 0.0475. The summed E-state index contributed by atoms with van der Waals surface area (Å²) in [6, 6.07) is 11.7. The number of hydrogen-bond donors (Lipinski definition) is 0. The summed E-state index contributed by atoms with van der Waals surface area (Å²) in [6.07, 6.45) is 1.19. The Morgan fingerprint density at radius 2 is 2.21 bits per heavy atom. The van der Waals surface area contributed by atoms with Crippen LogP contribution in [-0.2, 0) is 9.53 Å². The van der Waals surface area contributed by atoms with Crippen molar-refractivity contribution in [2.45, 2.75) is 18.9 Å². The van der Waals surface area contributed by atoms with Gasteiger partial charge in [-0.25, -0.2) is 0 Å². The highest BCUT2D eigenvalue weighted by Gasteiger charge is 2.29. The van der Waals surface area contributed by atoms with Gasteiger partial charge < -0.3 is 9.64 Å². The van der Waals surface area contributed by atoms with Crippen molar-refractivity contribution in [3.05, 3.63) is 35.9 Å². The van der Waals surface area contributed by atoms with Gasteiger partial charge in [0.2, 0.25) is 0 Å². The van der Waals surface area contributed by atoms with E-state index in [1.807, 2.05) is 30.3 Å². The molecule has 0 bridgehead atoms. The molecule has 1 amide bonds. The summed E-state index contributed by atoms with van der Waals surface area (Å²) in [7, 11) is 1.54. The normalized spacial score (nSPS) is 20.6. The van der Waals surface area contributed by atoms with Gasteiger partial charge in [-0.2, -0.15) is 5.26 Å². The monoisotopic (exact) mass is 258 g/mol. The molecule has 2 unspecified atom stereocenters. The third-order valence-electron chi connectivity index (χ3n) is 3.48. The molecule has 0 radical (unpaired) electrons. The van der Waals surface area contributed by atoms with Crippen LogP contribution >= 0.6 is 0 Å². The van der Waals surface area contributed by atoms with Crippen molar-refractivity contribution < 1.29 is 9.53 Å². The number of hydrogen-bond acceptors (Lipinski definition) is 3. The van der Waals surface area contributed by atoms with Crippen molar-refractivity contribution in [2.75, 3.05) is 20.2 Å². The molecule has 2 rings (SSSR count). The maximum Gasteiger partial charge on any atom is 0.256 e. The average Bonchev–Trinajstić information content (AvgIpc) is 2.49. The maximum atomic E-state index is 12.5. The number of rotatable bonds is 3. The topological polar surface area (TPSA) is 53.3 Å². The van der Waals surface area contributed by atoms with Crippen molar-refractivity contribution in [3.8, 4) is 6.07 Å². The van der Waals surface area contributed by atoms with Gasteiger partial charge in [-0.1, -0.05) is 30.3 Å². The van der Waals surface area contributed by atoms with Gasteiger partial charge in [-0.05, 0) is 18.4 Å². The van der Waals surface area contributed by atoms with Gasteiger partial charge in [0.05, 0.1) is 12.0 Å². The van der Waals surface area contributed by atoms with E-state index in [0.717, 1.165) is 18.4 Å². The number of nitriles is 1. The maximum absolute atomic E-state index is 12.5. The van der Waals surface area contributed by atoms with Gasteiger partial charge in [-0.3, -0.25) is 4.79 Å². The third kappa shape index (κ3) is 3.12. The first-order valence-electron chi connectivity index (χ1n) is 6.52. The van der Waals surface area contributed by atoms with E-state index in [4.69, 9.17) is 10.00 Å². The molecular formula is C15H18N2O2. The standard InChI is InChI=1S/C15H18N2O2/c1-19-14(13-7-3-2-4-8-13)15(18)17-9-5-6-12(10-16)11-17/h2-4,7-8,12,14H,5-6,9,11H2,1H3. The van der Waals surface area contributed by atoms with Crippen molar-refractivity contribution in [3.63, 3.8) is 0 Å². The van der Waals surface area contributed by atoms with Crippen LogP contribution in [0.15, 0.2) is 30.3 Å². The van der Waals surface area contributed by atoms with Crippen molar-refractivity contribution in [1.82, 2.24) is 4.90 Å². The molecule has 2 atom stereocenters. The van der Waals surface area contributed by atoms with E-state index in [1.54, 1.807) is 12.0 Å². The quantitative estimate of drug-likeness (QED) is 0.834. The Labute approximate surface area is 113 Å². The van der Waals surface area contributed by atoms with Crippen LogP contribution in [0.1, 0.15) is 24.5 Å². The molecule has 0 saturated carbocycles. The molecule has 0 spiro atoms. The van der Waals surface area contributed by atoms with Gasteiger partial charge in [0.1, 0.15) is 0 Å². The second-order valence-corrected chi connectivity index (χ2v) is 4.78. The van der Waals surface area contributed by atoms with Crippen LogP contribution in [-0.4, -0.2) is 31.0 Å². The fourth-order valence-corrected chi connectivity index (χ4v) is 2.46. The zero-order valence-corrected chi connectivity index (χ0v) is 11.1. The summed E-state index contributed by atoms with van der Waals surface area (Å²) in [5, 5.41) is 8.98. The van der Waals surface area contributed by atoms with Crippen LogP contribution < -0.4 is 0 Å². The third-order valence-corrected chi connectivity index (χ3v) is 3.48. The molecule has 1 fully saturated rings. The largest absolute Gasteiger partial charge is 0.367 e. The smallest absolute Gasteiger partial charge is 0.256 e. The number of nitrogens with zero attached hydrogens (tertiary/aromatic N) is 2. The van der Waals surface area contributed by atoms with E-state index >= 15 is 0 Å². The molecule has 4 heteroatoms. The molecule has 0 N–H and O–H groups in total. The molecule has 4 nitrogen and oxygen atoms in total. The lowest BCUT2D eigenvalue weighted by Gasteiger charge is -2.32. The Balaban J connectivity index is 2.11. The summed E-state index contributed by atoms with van der Waals surface area (Å²) in [4.78, 5) is 14.2. The Bertz CT molecular complexity index is 467. The first kappa shape index (κ1) is 13.6. The van der Waals surface area contributed by atoms with E-state index < -0.39 is 6.10 Å². The molecule has 1 aliphatic rings. The number of piperidine rings is 1. The minimum Gasteiger partial charge on any atom is -0.367 e. The minimum atomic E-state index is -0.571. The number of likely N-dealkylation sites (tertiary alicyclic amines) is 1. The molecule has 1 aliphatic heterocycles. The van der Waals surface area contributed by atoms with E-state index in [9.17, 15) is 4.79 Å². The molecule has 1 aromatic carbocycles. The molecule has 100 valence electrons. The van der Waals surface area contributed by atoms with Crippen LogP contribution in [0.25, 0.3) is 0 Å². The van der Waals surface area contributed by atoms with E-state index in [-0.39, 0.29) is 11.8 Å². The van der Waals surface area contributed by atoms with Crippen LogP contribution in [0, 0.1) is 17.2 Å². The summed E-state index contributed by atoms with van der Waals surface area (Å²) in [5.41, 5.74) is 0.856. The molecule has 19 heavy (non-hydrogen) atoms. The summed E-state index contributed by atoms with van der Waals surface area (Å²) < 4.78 is 5.35. The number of carbonyl (C=O) groups excluding carboxylic acids is 1. The zero-order valence-electron chi connectivity index (χ0n) is 11.1. The fourth-order valence-electron chi connectivity index (χ4n) is 2.46. The number of benzene rings is 1. The first-order chi connectivity index (χ1) is 9.26. The zero-order chi connectivity index (χ0) is 13.7. The van der Waals surface area contributed by atoms with E-state index in [2.05, 4.69) is 6.07 Å². The molecule has 1 aromatic rings. The van der Waals surface area contributed by atoms with Gasteiger partial charge in [0.15, 0.2) is 6.10 Å².